The van der Waals surface area contributed by atoms with E-state index in [1.54, 1.807) is 0 Å². The van der Waals surface area contributed by atoms with Crippen molar-refractivity contribution in [1.29, 1.82) is 0 Å². The van der Waals surface area contributed by atoms with E-state index in [1.165, 1.54) is 4.90 Å². The van der Waals surface area contributed by atoms with Crippen LogP contribution in [0, 0.1) is 5.92 Å². The second kappa shape index (κ2) is 4.38. The number of halogens is 3. The fourth-order valence-corrected chi connectivity index (χ4v) is 1.87. The van der Waals surface area contributed by atoms with Crippen LogP contribution < -0.4 is 0 Å². The van der Waals surface area contributed by atoms with Crippen LogP contribution in [0.3, 0.4) is 0 Å². The Hall–Kier alpha value is -0.780. The molecular formula is C9H14F3NO2. The third-order valence-corrected chi connectivity index (χ3v) is 2.64. The maximum absolute atomic E-state index is 12.6. The van der Waals surface area contributed by atoms with E-state index in [9.17, 15) is 18.0 Å². The highest BCUT2D eigenvalue weighted by atomic mass is 19.4. The van der Waals surface area contributed by atoms with Crippen molar-refractivity contribution in [1.82, 2.24) is 4.90 Å². The molecule has 0 aliphatic carbocycles. The minimum Gasteiger partial charge on any atom is -0.481 e. The molecule has 1 heterocycles. The summed E-state index contributed by atoms with van der Waals surface area (Å²) in [7, 11) is 0. The number of carboxylic acids is 1. The molecule has 6 heteroatoms. The molecular weight excluding hydrogens is 211 g/mol. The molecule has 88 valence electrons. The van der Waals surface area contributed by atoms with Crippen molar-refractivity contribution in [3.05, 3.63) is 0 Å². The standard InChI is InChI=1S/C9H14F3NO2/c1-6-2-3-13(5-6)7(4-8(14)15)9(10,11)12/h6-7H,2-5H2,1H3,(H,14,15). The number of alkyl halides is 3. The van der Waals surface area contributed by atoms with Gasteiger partial charge in [0.25, 0.3) is 0 Å². The van der Waals surface area contributed by atoms with Gasteiger partial charge in [-0.3, -0.25) is 9.69 Å². The third kappa shape index (κ3) is 3.37. The van der Waals surface area contributed by atoms with Gasteiger partial charge in [0.05, 0.1) is 6.42 Å². The van der Waals surface area contributed by atoms with Gasteiger partial charge < -0.3 is 5.11 Å². The first-order valence-electron chi connectivity index (χ1n) is 4.83. The van der Waals surface area contributed by atoms with Crippen LogP contribution in [0.15, 0.2) is 0 Å². The van der Waals surface area contributed by atoms with Crippen LogP contribution in [0.1, 0.15) is 19.8 Å². The fourth-order valence-electron chi connectivity index (χ4n) is 1.87. The lowest BCUT2D eigenvalue weighted by Gasteiger charge is -2.28. The maximum atomic E-state index is 12.6. The summed E-state index contributed by atoms with van der Waals surface area (Å²) in [6, 6.07) is -1.83. The molecule has 0 aromatic heterocycles. The van der Waals surface area contributed by atoms with Gasteiger partial charge >= 0.3 is 12.1 Å². The highest BCUT2D eigenvalue weighted by Gasteiger charge is 2.46. The number of carbonyl (C=O) groups is 1. The van der Waals surface area contributed by atoms with Crippen LogP contribution in [-0.4, -0.2) is 41.3 Å². The summed E-state index contributed by atoms with van der Waals surface area (Å²) in [6.07, 6.45) is -4.62. The van der Waals surface area contributed by atoms with E-state index in [0.29, 0.717) is 19.5 Å². The second-order valence-electron chi connectivity index (χ2n) is 4.04. The molecule has 1 aliphatic heterocycles. The Bertz CT molecular complexity index is 242. The molecule has 2 unspecified atom stereocenters. The summed E-state index contributed by atoms with van der Waals surface area (Å²) in [5.41, 5.74) is 0. The van der Waals surface area contributed by atoms with Crippen molar-refractivity contribution < 1.29 is 23.1 Å². The van der Waals surface area contributed by atoms with Crippen LogP contribution in [0.2, 0.25) is 0 Å². The Morgan fingerprint density at radius 2 is 2.20 bits per heavy atom. The normalized spacial score (nSPS) is 25.5. The van der Waals surface area contributed by atoms with Gasteiger partial charge in [0.1, 0.15) is 6.04 Å². The Morgan fingerprint density at radius 1 is 1.60 bits per heavy atom. The predicted octanol–water partition coefficient (Wildman–Crippen LogP) is 1.73. The van der Waals surface area contributed by atoms with Crippen molar-refractivity contribution in [2.24, 2.45) is 5.92 Å². The molecule has 0 saturated carbocycles. The van der Waals surface area contributed by atoms with Crippen molar-refractivity contribution in [3.8, 4) is 0 Å². The zero-order valence-electron chi connectivity index (χ0n) is 8.42. The third-order valence-electron chi connectivity index (χ3n) is 2.64. The molecule has 1 rings (SSSR count). The van der Waals surface area contributed by atoms with Gasteiger partial charge in [0, 0.05) is 6.54 Å². The monoisotopic (exact) mass is 225 g/mol. The topological polar surface area (TPSA) is 40.5 Å². The maximum Gasteiger partial charge on any atom is 0.404 e. The van der Waals surface area contributed by atoms with E-state index in [1.807, 2.05) is 6.92 Å². The average molecular weight is 225 g/mol. The number of hydrogen-bond acceptors (Lipinski definition) is 2. The smallest absolute Gasteiger partial charge is 0.404 e. The van der Waals surface area contributed by atoms with Crippen LogP contribution in [0.5, 0.6) is 0 Å². The summed E-state index contributed by atoms with van der Waals surface area (Å²) >= 11 is 0. The molecule has 1 fully saturated rings. The van der Waals surface area contributed by atoms with Gasteiger partial charge in [-0.2, -0.15) is 13.2 Å². The first-order chi connectivity index (χ1) is 6.80. The highest BCUT2D eigenvalue weighted by Crippen LogP contribution is 2.31. The summed E-state index contributed by atoms with van der Waals surface area (Å²) < 4.78 is 37.7. The van der Waals surface area contributed by atoms with E-state index in [0.717, 1.165) is 0 Å². The van der Waals surface area contributed by atoms with E-state index >= 15 is 0 Å². The molecule has 0 spiro atoms. The van der Waals surface area contributed by atoms with E-state index in [4.69, 9.17) is 5.11 Å². The van der Waals surface area contributed by atoms with Gasteiger partial charge in [-0.15, -0.1) is 0 Å². The number of nitrogens with zero attached hydrogens (tertiary/aromatic N) is 1. The summed E-state index contributed by atoms with van der Waals surface area (Å²) in [5.74, 6) is -1.19. The second-order valence-corrected chi connectivity index (χ2v) is 4.04. The molecule has 2 atom stereocenters. The average Bonchev–Trinajstić information content (AvgIpc) is 2.45. The van der Waals surface area contributed by atoms with Gasteiger partial charge in [-0.05, 0) is 18.9 Å². The van der Waals surface area contributed by atoms with Crippen LogP contribution in [-0.2, 0) is 4.79 Å². The Balaban J connectivity index is 2.68. The van der Waals surface area contributed by atoms with Crippen LogP contribution >= 0.6 is 0 Å². The quantitative estimate of drug-likeness (QED) is 0.795. The molecule has 0 bridgehead atoms. The van der Waals surface area contributed by atoms with Crippen LogP contribution in [0.4, 0.5) is 13.2 Å². The fraction of sp³-hybridized carbons (Fsp3) is 0.889. The molecule has 1 N–H and O–H groups in total. The van der Waals surface area contributed by atoms with Crippen LogP contribution in [0.25, 0.3) is 0 Å². The zero-order chi connectivity index (χ0) is 11.6. The Morgan fingerprint density at radius 3 is 2.53 bits per heavy atom. The summed E-state index contributed by atoms with van der Waals surface area (Å²) in [4.78, 5) is 11.6. The molecule has 3 nitrogen and oxygen atoms in total. The summed E-state index contributed by atoms with van der Waals surface area (Å²) in [6.45, 7) is 2.53. The number of hydrogen-bond donors (Lipinski definition) is 1. The lowest BCUT2D eigenvalue weighted by Crippen LogP contribution is -2.45. The largest absolute Gasteiger partial charge is 0.481 e. The van der Waals surface area contributed by atoms with E-state index in [-0.39, 0.29) is 5.92 Å². The van der Waals surface area contributed by atoms with E-state index in [2.05, 4.69) is 0 Å². The number of aliphatic carboxylic acids is 1. The summed E-state index contributed by atoms with van der Waals surface area (Å²) in [5, 5.41) is 8.45. The lowest BCUT2D eigenvalue weighted by atomic mass is 10.1. The van der Waals surface area contributed by atoms with Gasteiger partial charge in [-0.1, -0.05) is 6.92 Å². The number of carboxylic acid groups (broad SMARTS) is 1. The van der Waals surface area contributed by atoms with Crippen molar-refractivity contribution in [2.75, 3.05) is 13.1 Å². The first kappa shape index (κ1) is 12.3. The number of rotatable bonds is 3. The van der Waals surface area contributed by atoms with Crippen molar-refractivity contribution in [3.63, 3.8) is 0 Å². The zero-order valence-corrected chi connectivity index (χ0v) is 8.42. The SMILES string of the molecule is CC1CCN(C(CC(=O)O)C(F)(F)F)C1. The molecule has 0 radical (unpaired) electrons. The molecule has 0 amide bonds. The molecule has 0 aromatic carbocycles. The van der Waals surface area contributed by atoms with Gasteiger partial charge in [0.2, 0.25) is 0 Å². The Kier molecular flexibility index (Phi) is 3.59. The molecule has 0 aromatic rings. The molecule has 15 heavy (non-hydrogen) atoms. The van der Waals surface area contributed by atoms with Gasteiger partial charge in [0.15, 0.2) is 0 Å². The van der Waals surface area contributed by atoms with E-state index < -0.39 is 24.6 Å². The lowest BCUT2D eigenvalue weighted by molar-refractivity contribution is -0.188. The first-order valence-corrected chi connectivity index (χ1v) is 4.83. The Labute approximate surface area is 85.9 Å². The number of likely N-dealkylation sites (tertiary alicyclic amines) is 1. The van der Waals surface area contributed by atoms with Gasteiger partial charge in [-0.25, -0.2) is 0 Å². The van der Waals surface area contributed by atoms with Crippen molar-refractivity contribution >= 4 is 5.97 Å². The molecule has 1 saturated heterocycles. The van der Waals surface area contributed by atoms with Crippen molar-refractivity contribution in [2.45, 2.75) is 32.0 Å². The minimum absolute atomic E-state index is 0.212. The highest BCUT2D eigenvalue weighted by molar-refractivity contribution is 5.67. The molecule has 1 aliphatic rings. The minimum atomic E-state index is -4.46. The predicted molar refractivity (Wildman–Crippen MR) is 47.4 cm³/mol.